The summed E-state index contributed by atoms with van der Waals surface area (Å²) >= 11 is 5.91. The number of hydrogen-bond donors (Lipinski definition) is 3. The smallest absolute Gasteiger partial charge is 0.325 e. The lowest BCUT2D eigenvalue weighted by Crippen LogP contribution is -2.43. The van der Waals surface area contributed by atoms with Crippen LogP contribution in [0.4, 0.5) is 4.79 Å². The van der Waals surface area contributed by atoms with E-state index in [1.165, 1.54) is 0 Å². The van der Waals surface area contributed by atoms with Crippen LogP contribution in [0.5, 0.6) is 5.75 Å². The van der Waals surface area contributed by atoms with Crippen LogP contribution in [0.25, 0.3) is 0 Å². The molecule has 130 valence electrons. The number of aliphatic hydroxyl groups excluding tert-OH is 1. The van der Waals surface area contributed by atoms with Crippen molar-refractivity contribution in [3.05, 3.63) is 28.8 Å². The number of carbonyl (C=O) groups is 3. The van der Waals surface area contributed by atoms with Crippen LogP contribution in [-0.2, 0) is 9.59 Å². The zero-order valence-corrected chi connectivity index (χ0v) is 13.8. The lowest BCUT2D eigenvalue weighted by atomic mass is 10.2. The van der Waals surface area contributed by atoms with Crippen molar-refractivity contribution in [2.75, 3.05) is 26.2 Å². The van der Waals surface area contributed by atoms with Crippen LogP contribution >= 0.6 is 11.6 Å². The first-order chi connectivity index (χ1) is 11.4. The largest absolute Gasteiger partial charge is 0.491 e. The third kappa shape index (κ3) is 4.84. The molecule has 1 aromatic rings. The zero-order chi connectivity index (χ0) is 17.7. The first-order valence-corrected chi connectivity index (χ1v) is 7.66. The molecule has 8 nitrogen and oxygen atoms in total. The highest BCUT2D eigenvalue weighted by molar-refractivity contribution is 6.31. The average molecular weight is 356 g/mol. The minimum Gasteiger partial charge on any atom is -0.491 e. The van der Waals surface area contributed by atoms with Gasteiger partial charge in [-0.2, -0.15) is 0 Å². The van der Waals surface area contributed by atoms with Gasteiger partial charge in [0.2, 0.25) is 5.91 Å². The molecule has 1 atom stereocenters. The number of urea groups is 1. The molecule has 2 rings (SSSR count). The van der Waals surface area contributed by atoms with Crippen molar-refractivity contribution in [1.82, 2.24) is 15.5 Å². The van der Waals surface area contributed by atoms with E-state index < -0.39 is 23.9 Å². The first kappa shape index (κ1) is 18.0. The normalized spacial score (nSPS) is 15.2. The Kier molecular flexibility index (Phi) is 5.99. The second-order valence-electron chi connectivity index (χ2n) is 5.32. The van der Waals surface area contributed by atoms with Crippen molar-refractivity contribution in [1.29, 1.82) is 0 Å². The SMILES string of the molecule is Cc1cc(OC[C@@H](O)CNC(=O)CN2C(=O)CNC2=O)ccc1Cl. The van der Waals surface area contributed by atoms with Crippen molar-refractivity contribution in [3.63, 3.8) is 0 Å². The number of ether oxygens (including phenoxy) is 1. The molecule has 1 saturated heterocycles. The van der Waals surface area contributed by atoms with Crippen molar-refractivity contribution >= 4 is 29.4 Å². The van der Waals surface area contributed by atoms with E-state index in [2.05, 4.69) is 10.6 Å². The van der Waals surface area contributed by atoms with Gasteiger partial charge in [0.05, 0.1) is 6.54 Å². The minimum atomic E-state index is -0.937. The summed E-state index contributed by atoms with van der Waals surface area (Å²) in [5, 5.41) is 15.2. The summed E-state index contributed by atoms with van der Waals surface area (Å²) in [6.45, 7) is 1.26. The average Bonchev–Trinajstić information content (AvgIpc) is 2.86. The van der Waals surface area contributed by atoms with Crippen LogP contribution in [-0.4, -0.2) is 60.2 Å². The summed E-state index contributed by atoms with van der Waals surface area (Å²) in [4.78, 5) is 35.2. The highest BCUT2D eigenvalue weighted by Crippen LogP contribution is 2.21. The van der Waals surface area contributed by atoms with E-state index in [0.717, 1.165) is 10.5 Å². The molecular formula is C15H18ClN3O5. The molecule has 0 radical (unpaired) electrons. The number of aryl methyl sites for hydroxylation is 1. The summed E-state index contributed by atoms with van der Waals surface area (Å²) in [5.74, 6) is -0.444. The summed E-state index contributed by atoms with van der Waals surface area (Å²) in [6, 6.07) is 4.51. The van der Waals surface area contributed by atoms with E-state index in [1.54, 1.807) is 18.2 Å². The van der Waals surface area contributed by atoms with Gasteiger partial charge in [0.15, 0.2) is 0 Å². The molecule has 1 aromatic carbocycles. The molecule has 0 aliphatic carbocycles. The fourth-order valence-corrected chi connectivity index (χ4v) is 2.12. The third-order valence-electron chi connectivity index (χ3n) is 3.35. The number of halogens is 1. The molecule has 24 heavy (non-hydrogen) atoms. The van der Waals surface area contributed by atoms with Crippen LogP contribution in [0.1, 0.15) is 5.56 Å². The van der Waals surface area contributed by atoms with Crippen molar-refractivity contribution in [3.8, 4) is 5.75 Å². The summed E-state index contributed by atoms with van der Waals surface area (Å²) < 4.78 is 5.41. The van der Waals surface area contributed by atoms with E-state index in [4.69, 9.17) is 16.3 Å². The molecule has 1 heterocycles. The van der Waals surface area contributed by atoms with Gasteiger partial charge in [-0.1, -0.05) is 11.6 Å². The Balaban J connectivity index is 1.71. The van der Waals surface area contributed by atoms with Crippen LogP contribution in [0, 0.1) is 6.92 Å². The first-order valence-electron chi connectivity index (χ1n) is 7.28. The van der Waals surface area contributed by atoms with Gasteiger partial charge in [0, 0.05) is 11.6 Å². The zero-order valence-electron chi connectivity index (χ0n) is 13.0. The number of nitrogens with zero attached hydrogens (tertiary/aromatic N) is 1. The highest BCUT2D eigenvalue weighted by atomic mass is 35.5. The fraction of sp³-hybridized carbons (Fsp3) is 0.400. The third-order valence-corrected chi connectivity index (χ3v) is 3.77. The molecule has 0 unspecified atom stereocenters. The maximum atomic E-state index is 11.7. The van der Waals surface area contributed by atoms with E-state index in [-0.39, 0.29) is 26.2 Å². The monoisotopic (exact) mass is 355 g/mol. The quantitative estimate of drug-likeness (QED) is 0.599. The van der Waals surface area contributed by atoms with Gasteiger partial charge in [-0.25, -0.2) is 4.79 Å². The molecule has 0 bridgehead atoms. The van der Waals surface area contributed by atoms with Gasteiger partial charge in [0.1, 0.15) is 25.0 Å². The molecule has 3 N–H and O–H groups in total. The molecule has 1 fully saturated rings. The van der Waals surface area contributed by atoms with Gasteiger partial charge < -0.3 is 20.5 Å². The van der Waals surface area contributed by atoms with Gasteiger partial charge in [-0.15, -0.1) is 0 Å². The van der Waals surface area contributed by atoms with Crippen molar-refractivity contribution in [2.45, 2.75) is 13.0 Å². The fourth-order valence-electron chi connectivity index (χ4n) is 2.00. The summed E-state index contributed by atoms with van der Waals surface area (Å²) in [5.41, 5.74) is 0.852. The number of hydrogen-bond acceptors (Lipinski definition) is 5. The van der Waals surface area contributed by atoms with Crippen molar-refractivity contribution < 1.29 is 24.2 Å². The Hall–Kier alpha value is -2.32. The lowest BCUT2D eigenvalue weighted by molar-refractivity contribution is -0.130. The molecule has 0 aromatic heterocycles. The molecular weight excluding hydrogens is 338 g/mol. The van der Waals surface area contributed by atoms with E-state index >= 15 is 0 Å². The highest BCUT2D eigenvalue weighted by Gasteiger charge is 2.30. The molecule has 1 aliphatic heterocycles. The van der Waals surface area contributed by atoms with E-state index in [1.807, 2.05) is 6.92 Å². The van der Waals surface area contributed by atoms with Gasteiger partial charge in [-0.3, -0.25) is 14.5 Å². The van der Waals surface area contributed by atoms with Gasteiger partial charge in [-0.05, 0) is 30.7 Å². The van der Waals surface area contributed by atoms with E-state index in [9.17, 15) is 19.5 Å². The minimum absolute atomic E-state index is 0.0233. The van der Waals surface area contributed by atoms with Crippen LogP contribution in [0.2, 0.25) is 5.02 Å². The maximum Gasteiger partial charge on any atom is 0.325 e. The Labute approximate surface area is 143 Å². The molecule has 9 heteroatoms. The van der Waals surface area contributed by atoms with Crippen LogP contribution < -0.4 is 15.4 Å². The van der Waals surface area contributed by atoms with Gasteiger partial charge >= 0.3 is 6.03 Å². The van der Waals surface area contributed by atoms with Gasteiger partial charge in [0.25, 0.3) is 5.91 Å². The van der Waals surface area contributed by atoms with Crippen LogP contribution in [0.15, 0.2) is 18.2 Å². The molecule has 1 aliphatic rings. The lowest BCUT2D eigenvalue weighted by Gasteiger charge is -2.15. The Morgan fingerprint density at radius 1 is 1.50 bits per heavy atom. The van der Waals surface area contributed by atoms with E-state index in [0.29, 0.717) is 10.8 Å². The van der Waals surface area contributed by atoms with Crippen LogP contribution in [0.3, 0.4) is 0 Å². The Morgan fingerprint density at radius 2 is 2.25 bits per heavy atom. The summed E-state index contributed by atoms with van der Waals surface area (Å²) in [7, 11) is 0. The number of nitrogens with one attached hydrogen (secondary N) is 2. The predicted octanol–water partition coefficient (Wildman–Crippen LogP) is 0.0561. The topological polar surface area (TPSA) is 108 Å². The molecule has 4 amide bonds. The number of amides is 4. The number of imide groups is 1. The number of carbonyl (C=O) groups excluding carboxylic acids is 3. The molecule has 0 saturated carbocycles. The number of aliphatic hydroxyl groups is 1. The second-order valence-corrected chi connectivity index (χ2v) is 5.73. The summed E-state index contributed by atoms with van der Waals surface area (Å²) in [6.07, 6.45) is -0.937. The Morgan fingerprint density at radius 3 is 2.88 bits per heavy atom. The number of benzene rings is 1. The second kappa shape index (κ2) is 7.98. The number of rotatable bonds is 7. The van der Waals surface area contributed by atoms with Crippen molar-refractivity contribution in [2.24, 2.45) is 0 Å². The Bertz CT molecular complexity index is 636. The molecule has 0 spiro atoms. The maximum absolute atomic E-state index is 11.7. The standard InChI is InChI=1S/C15H18ClN3O5/c1-9-4-11(2-3-12(9)16)24-8-10(20)5-17-13(21)7-19-14(22)6-18-15(19)23/h2-4,10,20H,5-8H2,1H3,(H,17,21)(H,18,23)/t10-/m0/s1. The predicted molar refractivity (Wildman–Crippen MR) is 85.8 cm³/mol.